The SMILES string of the molecule is CCCC(C)(CC)C1CCSCC1. The van der Waals surface area contributed by atoms with Crippen LogP contribution in [0.1, 0.15) is 52.9 Å². The highest BCUT2D eigenvalue weighted by Gasteiger charge is 2.32. The molecule has 0 radical (unpaired) electrons. The van der Waals surface area contributed by atoms with Crippen LogP contribution < -0.4 is 0 Å². The van der Waals surface area contributed by atoms with Gasteiger partial charge in [-0.15, -0.1) is 0 Å². The van der Waals surface area contributed by atoms with Crippen molar-refractivity contribution >= 4 is 11.8 Å². The normalized spacial score (nSPS) is 24.2. The van der Waals surface area contributed by atoms with Crippen molar-refractivity contribution in [2.24, 2.45) is 11.3 Å². The smallest absolute Gasteiger partial charge is 0.00647 e. The summed E-state index contributed by atoms with van der Waals surface area (Å²) in [5.74, 6) is 3.83. The van der Waals surface area contributed by atoms with E-state index in [4.69, 9.17) is 0 Å². The fourth-order valence-electron chi connectivity index (χ4n) is 2.64. The molecule has 0 N–H and O–H groups in total. The molecule has 0 bridgehead atoms. The maximum atomic E-state index is 2.51. The van der Waals surface area contributed by atoms with Crippen LogP contribution in [0.5, 0.6) is 0 Å². The van der Waals surface area contributed by atoms with Crippen LogP contribution in [0.3, 0.4) is 0 Å². The Labute approximate surface area is 87.9 Å². The minimum Gasteiger partial charge on any atom is -0.162 e. The average molecular weight is 200 g/mol. The molecule has 13 heavy (non-hydrogen) atoms. The van der Waals surface area contributed by atoms with E-state index < -0.39 is 0 Å². The molecule has 1 unspecified atom stereocenters. The van der Waals surface area contributed by atoms with Gasteiger partial charge in [-0.2, -0.15) is 11.8 Å². The first kappa shape index (κ1) is 11.4. The van der Waals surface area contributed by atoms with Gasteiger partial charge in [-0.3, -0.25) is 0 Å². The maximum absolute atomic E-state index is 2.51. The first-order valence-electron chi connectivity index (χ1n) is 5.80. The molecule has 1 aliphatic rings. The summed E-state index contributed by atoms with van der Waals surface area (Å²) in [6, 6.07) is 0. The summed E-state index contributed by atoms with van der Waals surface area (Å²) in [5, 5.41) is 0. The zero-order valence-electron chi connectivity index (χ0n) is 9.44. The molecule has 1 fully saturated rings. The second kappa shape index (κ2) is 5.29. The van der Waals surface area contributed by atoms with E-state index in [1.807, 2.05) is 0 Å². The number of thioether (sulfide) groups is 1. The van der Waals surface area contributed by atoms with Gasteiger partial charge in [0.1, 0.15) is 0 Å². The minimum absolute atomic E-state index is 0.649. The van der Waals surface area contributed by atoms with Gasteiger partial charge in [0.2, 0.25) is 0 Å². The van der Waals surface area contributed by atoms with Crippen LogP contribution in [-0.2, 0) is 0 Å². The van der Waals surface area contributed by atoms with Crippen molar-refractivity contribution in [2.45, 2.75) is 52.9 Å². The van der Waals surface area contributed by atoms with Gasteiger partial charge in [0.25, 0.3) is 0 Å². The fourth-order valence-corrected chi connectivity index (χ4v) is 3.74. The second-order valence-corrected chi connectivity index (χ2v) is 5.87. The minimum atomic E-state index is 0.649. The Balaban J connectivity index is 2.51. The predicted molar refractivity (Wildman–Crippen MR) is 63.4 cm³/mol. The fraction of sp³-hybridized carbons (Fsp3) is 1.00. The van der Waals surface area contributed by atoms with E-state index >= 15 is 0 Å². The van der Waals surface area contributed by atoms with Crippen LogP contribution in [0.2, 0.25) is 0 Å². The van der Waals surface area contributed by atoms with E-state index in [-0.39, 0.29) is 0 Å². The van der Waals surface area contributed by atoms with Gasteiger partial charge in [0, 0.05) is 0 Å². The second-order valence-electron chi connectivity index (χ2n) is 4.64. The van der Waals surface area contributed by atoms with Crippen LogP contribution in [0.25, 0.3) is 0 Å². The molecular formula is C12H24S. The van der Waals surface area contributed by atoms with E-state index in [2.05, 4.69) is 32.5 Å². The third-order valence-electron chi connectivity index (χ3n) is 3.84. The van der Waals surface area contributed by atoms with Crippen molar-refractivity contribution in [3.63, 3.8) is 0 Å². The van der Waals surface area contributed by atoms with Crippen LogP contribution in [-0.4, -0.2) is 11.5 Å². The van der Waals surface area contributed by atoms with Crippen LogP contribution in [0.4, 0.5) is 0 Å². The first-order valence-corrected chi connectivity index (χ1v) is 6.96. The predicted octanol–water partition coefficient (Wildman–Crippen LogP) is 4.35. The van der Waals surface area contributed by atoms with Crippen LogP contribution in [0.15, 0.2) is 0 Å². The largest absolute Gasteiger partial charge is 0.162 e. The van der Waals surface area contributed by atoms with Gasteiger partial charge in [-0.25, -0.2) is 0 Å². The van der Waals surface area contributed by atoms with Gasteiger partial charge < -0.3 is 0 Å². The molecule has 0 aromatic heterocycles. The lowest BCUT2D eigenvalue weighted by Gasteiger charge is -2.39. The van der Waals surface area contributed by atoms with Crippen molar-refractivity contribution in [1.29, 1.82) is 0 Å². The van der Waals surface area contributed by atoms with E-state index in [1.54, 1.807) is 0 Å². The summed E-state index contributed by atoms with van der Waals surface area (Å²) in [7, 11) is 0. The Kier molecular flexibility index (Phi) is 4.64. The monoisotopic (exact) mass is 200 g/mol. The van der Waals surface area contributed by atoms with Gasteiger partial charge in [0.15, 0.2) is 0 Å². The topological polar surface area (TPSA) is 0 Å². The van der Waals surface area contributed by atoms with Crippen LogP contribution >= 0.6 is 11.8 Å². The summed E-state index contributed by atoms with van der Waals surface area (Å²) in [6.07, 6.45) is 7.09. The molecule has 0 saturated carbocycles. The Morgan fingerprint density at radius 3 is 2.31 bits per heavy atom. The molecule has 1 rings (SSSR count). The molecule has 1 aliphatic heterocycles. The molecule has 78 valence electrons. The van der Waals surface area contributed by atoms with E-state index in [1.165, 1.54) is 43.6 Å². The quantitative estimate of drug-likeness (QED) is 0.650. The summed E-state index contributed by atoms with van der Waals surface area (Å²) in [5.41, 5.74) is 0.649. The van der Waals surface area contributed by atoms with Gasteiger partial charge in [-0.1, -0.05) is 33.6 Å². The highest BCUT2D eigenvalue weighted by atomic mass is 32.2. The zero-order valence-corrected chi connectivity index (χ0v) is 10.3. The Morgan fingerprint density at radius 2 is 1.85 bits per heavy atom. The zero-order chi connectivity index (χ0) is 9.73. The van der Waals surface area contributed by atoms with Crippen molar-refractivity contribution in [3.8, 4) is 0 Å². The molecule has 0 aromatic rings. The van der Waals surface area contributed by atoms with E-state index in [9.17, 15) is 0 Å². The molecule has 0 nitrogen and oxygen atoms in total. The third kappa shape index (κ3) is 2.90. The molecule has 1 heteroatoms. The van der Waals surface area contributed by atoms with Crippen LogP contribution in [0, 0.1) is 11.3 Å². The van der Waals surface area contributed by atoms with E-state index in [0.29, 0.717) is 5.41 Å². The van der Waals surface area contributed by atoms with Crippen molar-refractivity contribution < 1.29 is 0 Å². The number of rotatable bonds is 4. The lowest BCUT2D eigenvalue weighted by molar-refractivity contribution is 0.148. The Morgan fingerprint density at radius 1 is 1.23 bits per heavy atom. The van der Waals surface area contributed by atoms with Crippen molar-refractivity contribution in [3.05, 3.63) is 0 Å². The Bertz CT molecular complexity index is 138. The van der Waals surface area contributed by atoms with Crippen molar-refractivity contribution in [2.75, 3.05) is 11.5 Å². The summed E-state index contributed by atoms with van der Waals surface area (Å²) in [6.45, 7) is 7.21. The molecular weight excluding hydrogens is 176 g/mol. The van der Waals surface area contributed by atoms with Gasteiger partial charge in [-0.05, 0) is 42.1 Å². The van der Waals surface area contributed by atoms with Gasteiger partial charge in [0.05, 0.1) is 0 Å². The molecule has 1 atom stereocenters. The summed E-state index contributed by atoms with van der Waals surface area (Å²) in [4.78, 5) is 0. The lowest BCUT2D eigenvalue weighted by Crippen LogP contribution is -2.29. The van der Waals surface area contributed by atoms with Crippen molar-refractivity contribution in [1.82, 2.24) is 0 Å². The molecule has 0 aliphatic carbocycles. The molecule has 0 aromatic carbocycles. The third-order valence-corrected chi connectivity index (χ3v) is 4.88. The lowest BCUT2D eigenvalue weighted by atomic mass is 9.69. The molecule has 0 spiro atoms. The Hall–Kier alpha value is 0.350. The summed E-state index contributed by atoms with van der Waals surface area (Å²) >= 11 is 2.14. The molecule has 1 heterocycles. The number of hydrogen-bond acceptors (Lipinski definition) is 1. The standard InChI is InChI=1S/C12H24S/c1-4-8-12(3,5-2)11-6-9-13-10-7-11/h11H,4-10H2,1-3H3. The first-order chi connectivity index (χ1) is 6.23. The maximum Gasteiger partial charge on any atom is -0.00647 e. The molecule has 1 saturated heterocycles. The van der Waals surface area contributed by atoms with Gasteiger partial charge >= 0.3 is 0 Å². The highest BCUT2D eigenvalue weighted by molar-refractivity contribution is 7.99. The summed E-state index contributed by atoms with van der Waals surface area (Å²) < 4.78 is 0. The average Bonchev–Trinajstić information content (AvgIpc) is 2.19. The highest BCUT2D eigenvalue weighted by Crippen LogP contribution is 2.43. The van der Waals surface area contributed by atoms with E-state index in [0.717, 1.165) is 5.92 Å². The molecule has 0 amide bonds. The number of hydrogen-bond donors (Lipinski definition) is 0.